The van der Waals surface area contributed by atoms with Gasteiger partial charge < -0.3 is 5.73 Å². The molecule has 4 rings (SSSR count). The summed E-state index contributed by atoms with van der Waals surface area (Å²) in [6.45, 7) is 1.38. The molecule has 3 N–H and O–H groups in total. The van der Waals surface area contributed by atoms with Crippen LogP contribution in [-0.2, 0) is 4.84 Å². The zero-order valence-electron chi connectivity index (χ0n) is 14.4. The first-order valence-electron chi connectivity index (χ1n) is 8.29. The zero-order valence-corrected chi connectivity index (χ0v) is 15.2. The third-order valence-electron chi connectivity index (χ3n) is 4.11. The summed E-state index contributed by atoms with van der Waals surface area (Å²) >= 11 is 1.57. The molecule has 0 saturated carbocycles. The molecule has 2 aliphatic rings. The number of hydrogen-bond acceptors (Lipinski definition) is 9. The van der Waals surface area contributed by atoms with Crippen LogP contribution in [0.25, 0.3) is 10.4 Å². The molecule has 0 bridgehead atoms. The number of aliphatic imine (C=N–C) groups is 1. The first-order chi connectivity index (χ1) is 13.3. The highest BCUT2D eigenvalue weighted by atomic mass is 32.1. The van der Waals surface area contributed by atoms with E-state index in [0.29, 0.717) is 31.8 Å². The Morgan fingerprint density at radius 1 is 1.33 bits per heavy atom. The number of benzene rings is 1. The van der Waals surface area contributed by atoms with Gasteiger partial charge in [0.1, 0.15) is 13.0 Å². The number of hydrogen-bond donors (Lipinski definition) is 2. The van der Waals surface area contributed by atoms with E-state index in [1.54, 1.807) is 22.7 Å². The number of nitrogens with two attached hydrogens (primary N) is 1. The normalized spacial score (nSPS) is 16.8. The van der Waals surface area contributed by atoms with Gasteiger partial charge in [-0.05, 0) is 11.1 Å². The lowest BCUT2D eigenvalue weighted by molar-refractivity contribution is 0.115. The van der Waals surface area contributed by atoms with Crippen LogP contribution < -0.4 is 16.1 Å². The number of hydroxylamine groups is 1. The molecule has 0 radical (unpaired) electrons. The van der Waals surface area contributed by atoms with Gasteiger partial charge in [-0.15, -0.1) is 0 Å². The van der Waals surface area contributed by atoms with Gasteiger partial charge in [0.05, 0.1) is 17.8 Å². The number of rotatable bonds is 6. The summed E-state index contributed by atoms with van der Waals surface area (Å²) in [4.78, 5) is 16.7. The number of anilines is 1. The van der Waals surface area contributed by atoms with E-state index in [2.05, 4.69) is 20.6 Å². The van der Waals surface area contributed by atoms with E-state index in [4.69, 9.17) is 10.6 Å². The summed E-state index contributed by atoms with van der Waals surface area (Å²) in [5, 5.41) is 6.84. The second kappa shape index (κ2) is 7.82. The Hall–Kier alpha value is -2.82. The van der Waals surface area contributed by atoms with Crippen LogP contribution in [0.4, 0.5) is 9.52 Å². The molecule has 1 aromatic heterocycles. The van der Waals surface area contributed by atoms with Crippen LogP contribution >= 0.6 is 11.3 Å². The molecule has 10 heteroatoms. The van der Waals surface area contributed by atoms with E-state index in [0.717, 1.165) is 27.0 Å². The van der Waals surface area contributed by atoms with Crippen LogP contribution in [0.1, 0.15) is 5.56 Å². The van der Waals surface area contributed by atoms with Gasteiger partial charge in [0, 0.05) is 18.3 Å². The van der Waals surface area contributed by atoms with Crippen LogP contribution in [0.15, 0.2) is 52.5 Å². The molecule has 0 spiro atoms. The van der Waals surface area contributed by atoms with Crippen molar-refractivity contribution in [2.24, 2.45) is 15.8 Å². The Kier molecular flexibility index (Phi) is 5.10. The smallest absolute Gasteiger partial charge is 0.192 e. The maximum atomic E-state index is 12.7. The molecule has 0 saturated heterocycles. The lowest BCUT2D eigenvalue weighted by Crippen LogP contribution is -2.28. The third-order valence-corrected chi connectivity index (χ3v) is 5.19. The van der Waals surface area contributed by atoms with E-state index in [-0.39, 0.29) is 6.54 Å². The van der Waals surface area contributed by atoms with Crippen LogP contribution in [-0.4, -0.2) is 48.7 Å². The number of hydrazone groups is 1. The van der Waals surface area contributed by atoms with Crippen molar-refractivity contribution in [3.63, 3.8) is 0 Å². The Labute approximate surface area is 159 Å². The maximum absolute atomic E-state index is 12.7. The van der Waals surface area contributed by atoms with Crippen molar-refractivity contribution in [3.8, 4) is 10.4 Å². The monoisotopic (exact) mass is 387 g/mol. The molecule has 0 aliphatic carbocycles. The molecule has 1 aromatic carbocycles. The minimum Gasteiger partial charge on any atom is -0.327 e. The minimum atomic E-state index is 0.175. The average Bonchev–Trinajstić information content (AvgIpc) is 3.47. The number of nitrogens with zero attached hydrogens (tertiary/aromatic N) is 5. The van der Waals surface area contributed by atoms with Crippen molar-refractivity contribution in [2.75, 3.05) is 31.4 Å². The molecule has 3 heterocycles. The fraction of sp³-hybridized carbons (Fsp3) is 0.235. The van der Waals surface area contributed by atoms with E-state index in [1.807, 2.05) is 35.4 Å². The van der Waals surface area contributed by atoms with Crippen molar-refractivity contribution >= 4 is 28.6 Å². The van der Waals surface area contributed by atoms with Crippen LogP contribution in [0.3, 0.4) is 0 Å². The van der Waals surface area contributed by atoms with Gasteiger partial charge in [-0.3, -0.25) is 14.7 Å². The van der Waals surface area contributed by atoms with Crippen LogP contribution in [0.5, 0.6) is 0 Å². The molecule has 27 heavy (non-hydrogen) atoms. The number of nitrogens with one attached hydrogen (secondary N) is 1. The fourth-order valence-corrected chi connectivity index (χ4v) is 3.55. The highest BCUT2D eigenvalue weighted by Crippen LogP contribution is 2.31. The van der Waals surface area contributed by atoms with Gasteiger partial charge in [-0.1, -0.05) is 35.6 Å². The molecular weight excluding hydrogens is 369 g/mol. The summed E-state index contributed by atoms with van der Waals surface area (Å²) in [5.41, 5.74) is 10.8. The molecule has 8 nitrogen and oxygen atoms in total. The average molecular weight is 387 g/mol. The molecule has 0 amide bonds. The molecule has 0 unspecified atom stereocenters. The maximum Gasteiger partial charge on any atom is 0.192 e. The van der Waals surface area contributed by atoms with Crippen LogP contribution in [0.2, 0.25) is 0 Å². The lowest BCUT2D eigenvalue weighted by atomic mass is 10.1. The molecule has 0 atom stereocenters. The first-order valence-corrected chi connectivity index (χ1v) is 9.11. The van der Waals surface area contributed by atoms with Gasteiger partial charge in [-0.2, -0.15) is 5.10 Å². The largest absolute Gasteiger partial charge is 0.327 e. The van der Waals surface area contributed by atoms with Crippen molar-refractivity contribution in [1.29, 1.82) is 0 Å². The predicted octanol–water partition coefficient (Wildman–Crippen LogP) is 1.88. The number of amidine groups is 1. The summed E-state index contributed by atoms with van der Waals surface area (Å²) in [7, 11) is 0. The minimum absolute atomic E-state index is 0.175. The highest BCUT2D eigenvalue weighted by Gasteiger charge is 2.19. The number of halogens is 1. The molecular formula is C17H18FN7OS. The van der Waals surface area contributed by atoms with Gasteiger partial charge in [0.15, 0.2) is 17.7 Å². The summed E-state index contributed by atoms with van der Waals surface area (Å²) in [5.74, 6) is 0.735. The highest BCUT2D eigenvalue weighted by molar-refractivity contribution is 7.19. The Morgan fingerprint density at radius 3 is 2.85 bits per heavy atom. The van der Waals surface area contributed by atoms with Gasteiger partial charge in [0.25, 0.3) is 0 Å². The molecule has 2 aromatic rings. The second-order valence-corrected chi connectivity index (χ2v) is 6.95. The van der Waals surface area contributed by atoms with E-state index >= 15 is 0 Å². The van der Waals surface area contributed by atoms with Gasteiger partial charge >= 0.3 is 0 Å². The first kappa shape index (κ1) is 17.6. The lowest BCUT2D eigenvalue weighted by Gasteiger charge is -2.17. The summed E-state index contributed by atoms with van der Waals surface area (Å²) < 4.78 is 12.7. The van der Waals surface area contributed by atoms with Crippen LogP contribution in [0, 0.1) is 0 Å². The van der Waals surface area contributed by atoms with E-state index in [9.17, 15) is 4.39 Å². The van der Waals surface area contributed by atoms with E-state index in [1.165, 1.54) is 0 Å². The quantitative estimate of drug-likeness (QED) is 0.787. The summed E-state index contributed by atoms with van der Waals surface area (Å²) in [6.07, 6.45) is 4.08. The Morgan fingerprint density at radius 2 is 2.15 bits per heavy atom. The second-order valence-electron chi connectivity index (χ2n) is 5.94. The Bertz CT molecular complexity index is 893. The zero-order chi connectivity index (χ0) is 18.6. The topological polar surface area (TPSA) is 91.4 Å². The van der Waals surface area contributed by atoms with Crippen molar-refractivity contribution in [1.82, 2.24) is 15.5 Å². The summed E-state index contributed by atoms with van der Waals surface area (Å²) in [6, 6.07) is 8.04. The van der Waals surface area contributed by atoms with Crippen molar-refractivity contribution in [2.45, 2.75) is 0 Å². The van der Waals surface area contributed by atoms with Crippen molar-refractivity contribution in [3.05, 3.63) is 47.9 Å². The number of thiazole rings is 1. The predicted molar refractivity (Wildman–Crippen MR) is 104 cm³/mol. The van der Waals surface area contributed by atoms with Crippen molar-refractivity contribution < 1.29 is 9.23 Å². The molecule has 140 valence electrons. The Balaban J connectivity index is 1.42. The molecule has 2 aliphatic heterocycles. The van der Waals surface area contributed by atoms with Gasteiger partial charge in [-0.25, -0.2) is 19.8 Å². The molecule has 0 fully saturated rings. The third kappa shape index (κ3) is 3.82. The van der Waals surface area contributed by atoms with E-state index < -0.39 is 0 Å². The van der Waals surface area contributed by atoms with Gasteiger partial charge in [0.2, 0.25) is 0 Å². The number of aromatic nitrogens is 1. The standard InChI is InChI=1S/C17H18FN7OS/c18-5-12(6-19)8-25-11-24(9-22-25)17-20-7-15(27-17)13-1-3-14(4-2-13)16-21-10-26-23-16/h1-5,7,9H,6,8,10-11,19H2,(H,21,23)/b12-5+. The SMILES string of the molecule is NC/C(=C\F)CN1CN(c2ncc(-c3ccc(C4=NCON4)cc3)s2)C=N1. The fourth-order valence-electron chi connectivity index (χ4n) is 2.67.